The van der Waals surface area contributed by atoms with Crippen LogP contribution >= 0.6 is 23.2 Å². The molecule has 0 heterocycles. The molecule has 21 heavy (non-hydrogen) atoms. The van der Waals surface area contributed by atoms with Crippen LogP contribution in [0.15, 0.2) is 54.6 Å². The molecule has 0 aromatic heterocycles. The second-order valence-electron chi connectivity index (χ2n) is 4.24. The second-order valence-corrected chi connectivity index (χ2v) is 5.05. The van der Waals surface area contributed by atoms with Crippen molar-refractivity contribution < 1.29 is 4.92 Å². The fourth-order valence-electron chi connectivity index (χ4n) is 1.66. The molecule has 0 N–H and O–H groups in total. The fraction of sp³-hybridized carbons (Fsp3) is 0. The molecule has 0 atom stereocenters. The molecule has 0 fully saturated rings. The SMILES string of the molecule is O=[N+]([O-])c1ccc(/C=C/C=C/c2ccc(Cl)c(Cl)c2)cc1. The zero-order valence-electron chi connectivity index (χ0n) is 10.9. The van der Waals surface area contributed by atoms with Crippen molar-refractivity contribution >= 4 is 41.0 Å². The molecule has 0 aliphatic rings. The summed E-state index contributed by atoms with van der Waals surface area (Å²) in [5, 5.41) is 11.6. The molecule has 0 aliphatic carbocycles. The maximum Gasteiger partial charge on any atom is 0.269 e. The van der Waals surface area contributed by atoms with Crippen molar-refractivity contribution in [2.75, 3.05) is 0 Å². The van der Waals surface area contributed by atoms with Crippen molar-refractivity contribution in [1.82, 2.24) is 0 Å². The van der Waals surface area contributed by atoms with Crippen molar-refractivity contribution in [3.05, 3.63) is 85.9 Å². The highest BCUT2D eigenvalue weighted by Crippen LogP contribution is 2.23. The van der Waals surface area contributed by atoms with Crippen molar-refractivity contribution in [2.24, 2.45) is 0 Å². The predicted molar refractivity (Wildman–Crippen MR) is 87.6 cm³/mol. The largest absolute Gasteiger partial charge is 0.269 e. The van der Waals surface area contributed by atoms with Gasteiger partial charge in [0, 0.05) is 12.1 Å². The summed E-state index contributed by atoms with van der Waals surface area (Å²) in [6, 6.07) is 11.7. The van der Waals surface area contributed by atoms with Gasteiger partial charge in [0.2, 0.25) is 0 Å². The Morgan fingerprint density at radius 1 is 0.857 bits per heavy atom. The molecule has 3 nitrogen and oxygen atoms in total. The Morgan fingerprint density at radius 2 is 1.43 bits per heavy atom. The van der Waals surface area contributed by atoms with E-state index in [1.807, 2.05) is 30.4 Å². The lowest BCUT2D eigenvalue weighted by Crippen LogP contribution is -1.86. The molecule has 2 aromatic carbocycles. The molecular weight excluding hydrogens is 309 g/mol. The minimum atomic E-state index is -0.419. The first-order chi connectivity index (χ1) is 10.1. The molecule has 0 spiro atoms. The highest BCUT2D eigenvalue weighted by molar-refractivity contribution is 6.42. The lowest BCUT2D eigenvalue weighted by atomic mass is 10.1. The van der Waals surface area contributed by atoms with E-state index in [9.17, 15) is 10.1 Å². The molecule has 0 saturated carbocycles. The van der Waals surface area contributed by atoms with Crippen LogP contribution in [0.3, 0.4) is 0 Å². The van der Waals surface area contributed by atoms with Crippen molar-refractivity contribution in [3.63, 3.8) is 0 Å². The molecule has 0 unspecified atom stereocenters. The van der Waals surface area contributed by atoms with E-state index in [0.717, 1.165) is 11.1 Å². The minimum Gasteiger partial charge on any atom is -0.258 e. The summed E-state index contributed by atoms with van der Waals surface area (Å²) in [6.45, 7) is 0. The van der Waals surface area contributed by atoms with Crippen LogP contribution in [0.5, 0.6) is 0 Å². The number of hydrogen-bond donors (Lipinski definition) is 0. The predicted octanol–water partition coefficient (Wildman–Crippen LogP) is 5.63. The van der Waals surface area contributed by atoms with Gasteiger partial charge in [0.1, 0.15) is 0 Å². The van der Waals surface area contributed by atoms with Crippen molar-refractivity contribution in [1.29, 1.82) is 0 Å². The van der Waals surface area contributed by atoms with E-state index in [4.69, 9.17) is 23.2 Å². The minimum absolute atomic E-state index is 0.0819. The third-order valence-electron chi connectivity index (χ3n) is 2.74. The summed E-state index contributed by atoms with van der Waals surface area (Å²) >= 11 is 11.8. The molecular formula is C16H11Cl2NO2. The van der Waals surface area contributed by atoms with Crippen LogP contribution < -0.4 is 0 Å². The first-order valence-electron chi connectivity index (χ1n) is 6.10. The van der Waals surface area contributed by atoms with E-state index in [2.05, 4.69) is 0 Å². The number of rotatable bonds is 4. The van der Waals surface area contributed by atoms with Gasteiger partial charge in [0.05, 0.1) is 15.0 Å². The number of allylic oxidation sites excluding steroid dienone is 2. The zero-order chi connectivity index (χ0) is 15.2. The Balaban J connectivity index is 2.02. The Morgan fingerprint density at radius 3 is 2.00 bits per heavy atom. The molecule has 0 saturated heterocycles. The van der Waals surface area contributed by atoms with E-state index in [0.29, 0.717) is 10.0 Å². The van der Waals surface area contributed by atoms with E-state index >= 15 is 0 Å². The van der Waals surface area contributed by atoms with Crippen molar-refractivity contribution in [3.8, 4) is 0 Å². The second kappa shape index (κ2) is 7.07. The van der Waals surface area contributed by atoms with Gasteiger partial charge in [0.15, 0.2) is 0 Å². The molecule has 0 amide bonds. The van der Waals surface area contributed by atoms with Gasteiger partial charge in [-0.1, -0.05) is 53.6 Å². The van der Waals surface area contributed by atoms with E-state index in [-0.39, 0.29) is 5.69 Å². The van der Waals surface area contributed by atoms with Crippen LogP contribution in [0, 0.1) is 10.1 Å². The molecule has 0 radical (unpaired) electrons. The summed E-state index contributed by atoms with van der Waals surface area (Å²) in [5.41, 5.74) is 1.91. The maximum absolute atomic E-state index is 10.5. The average molecular weight is 320 g/mol. The Bertz CT molecular complexity index is 707. The topological polar surface area (TPSA) is 43.1 Å². The van der Waals surface area contributed by atoms with Crippen molar-refractivity contribution in [2.45, 2.75) is 0 Å². The normalized spacial score (nSPS) is 11.3. The van der Waals surface area contributed by atoms with Gasteiger partial charge in [0.25, 0.3) is 5.69 Å². The standard InChI is InChI=1S/C16H11Cl2NO2/c17-15-10-7-13(11-16(15)18)4-2-1-3-12-5-8-14(9-6-12)19(20)21/h1-11H/b3-1+,4-2+. The number of nitrogens with zero attached hydrogens (tertiary/aromatic N) is 1. The lowest BCUT2D eigenvalue weighted by molar-refractivity contribution is -0.384. The third kappa shape index (κ3) is 4.45. The van der Waals surface area contributed by atoms with Gasteiger partial charge in [-0.05, 0) is 35.4 Å². The van der Waals surface area contributed by atoms with Gasteiger partial charge >= 0.3 is 0 Å². The molecule has 2 aromatic rings. The van der Waals surface area contributed by atoms with E-state index in [1.165, 1.54) is 12.1 Å². The van der Waals surface area contributed by atoms with Gasteiger partial charge in [-0.15, -0.1) is 0 Å². The maximum atomic E-state index is 10.5. The van der Waals surface area contributed by atoms with Crippen LogP contribution in [-0.2, 0) is 0 Å². The number of benzene rings is 2. The highest BCUT2D eigenvalue weighted by atomic mass is 35.5. The number of nitro benzene ring substituents is 1. The number of halogens is 2. The number of nitro groups is 1. The first kappa shape index (κ1) is 15.3. The quantitative estimate of drug-likeness (QED) is 0.416. The Kier molecular flexibility index (Phi) is 5.14. The van der Waals surface area contributed by atoms with Crippen LogP contribution in [0.4, 0.5) is 5.69 Å². The van der Waals surface area contributed by atoms with Crippen LogP contribution in [-0.4, -0.2) is 4.92 Å². The third-order valence-corrected chi connectivity index (χ3v) is 3.48. The Labute approximate surface area is 132 Å². The fourth-order valence-corrected chi connectivity index (χ4v) is 1.96. The lowest BCUT2D eigenvalue weighted by Gasteiger charge is -1.96. The summed E-state index contributed by atoms with van der Waals surface area (Å²) in [6.07, 6.45) is 7.46. The molecule has 0 bridgehead atoms. The van der Waals surface area contributed by atoms with E-state index in [1.54, 1.807) is 24.3 Å². The molecule has 0 aliphatic heterocycles. The highest BCUT2D eigenvalue weighted by Gasteiger charge is 2.01. The average Bonchev–Trinajstić information content (AvgIpc) is 2.47. The van der Waals surface area contributed by atoms with Gasteiger partial charge in [-0.25, -0.2) is 0 Å². The Hall–Kier alpha value is -2.10. The van der Waals surface area contributed by atoms with Gasteiger partial charge < -0.3 is 0 Å². The molecule has 106 valence electrons. The van der Waals surface area contributed by atoms with E-state index < -0.39 is 4.92 Å². The monoisotopic (exact) mass is 319 g/mol. The smallest absolute Gasteiger partial charge is 0.258 e. The zero-order valence-corrected chi connectivity index (χ0v) is 12.4. The van der Waals surface area contributed by atoms with Crippen LogP contribution in [0.25, 0.3) is 12.2 Å². The molecule has 2 rings (SSSR count). The van der Waals surface area contributed by atoms with Gasteiger partial charge in [-0.2, -0.15) is 0 Å². The van der Waals surface area contributed by atoms with Crippen LogP contribution in [0.1, 0.15) is 11.1 Å². The summed E-state index contributed by atoms with van der Waals surface area (Å²) in [5.74, 6) is 0. The van der Waals surface area contributed by atoms with Crippen LogP contribution in [0.2, 0.25) is 10.0 Å². The first-order valence-corrected chi connectivity index (χ1v) is 6.86. The summed E-state index contributed by atoms with van der Waals surface area (Å²) in [7, 11) is 0. The number of hydrogen-bond acceptors (Lipinski definition) is 2. The molecule has 5 heteroatoms. The van der Waals surface area contributed by atoms with Gasteiger partial charge in [-0.3, -0.25) is 10.1 Å². The number of non-ortho nitro benzene ring substituents is 1. The summed E-state index contributed by atoms with van der Waals surface area (Å²) in [4.78, 5) is 10.1. The summed E-state index contributed by atoms with van der Waals surface area (Å²) < 4.78 is 0.